The van der Waals surface area contributed by atoms with E-state index in [-0.39, 0.29) is 41.9 Å². The Labute approximate surface area is 164 Å². The number of hydrogen-bond donors (Lipinski definition) is 3. The first-order chi connectivity index (χ1) is 12.4. The predicted octanol–water partition coefficient (Wildman–Crippen LogP) is -0.294. The summed E-state index contributed by atoms with van der Waals surface area (Å²) in [5.41, 5.74) is -0.187. The first-order valence-corrected chi connectivity index (χ1v) is 9.81. The molecular formula is C15H24ClN5O5S. The Morgan fingerprint density at radius 1 is 1.19 bits per heavy atom. The molecule has 3 N–H and O–H groups in total. The van der Waals surface area contributed by atoms with Crippen LogP contribution in [-0.2, 0) is 14.8 Å². The number of nitro benzene ring substituents is 1. The minimum Gasteiger partial charge on any atom is -0.355 e. The molecule has 0 spiro atoms. The predicted molar refractivity (Wildman–Crippen MR) is 102 cm³/mol. The van der Waals surface area contributed by atoms with E-state index in [4.69, 9.17) is 0 Å². The summed E-state index contributed by atoms with van der Waals surface area (Å²) < 4.78 is 26.5. The van der Waals surface area contributed by atoms with E-state index >= 15 is 0 Å². The summed E-state index contributed by atoms with van der Waals surface area (Å²) in [7, 11) is -3.80. The van der Waals surface area contributed by atoms with E-state index in [2.05, 4.69) is 20.3 Å². The summed E-state index contributed by atoms with van der Waals surface area (Å²) in [6.07, 6.45) is 0.0216. The number of non-ortho nitro benzene ring substituents is 1. The van der Waals surface area contributed by atoms with E-state index in [9.17, 15) is 23.3 Å². The average molecular weight is 422 g/mol. The van der Waals surface area contributed by atoms with Crippen LogP contribution in [0.3, 0.4) is 0 Å². The third-order valence-corrected chi connectivity index (χ3v) is 5.44. The van der Waals surface area contributed by atoms with Crippen molar-refractivity contribution in [3.05, 3.63) is 34.4 Å². The fourth-order valence-corrected chi connectivity index (χ4v) is 3.54. The number of benzene rings is 1. The summed E-state index contributed by atoms with van der Waals surface area (Å²) in [4.78, 5) is 23.9. The maximum atomic E-state index is 12.1. The number of nitro groups is 1. The summed E-state index contributed by atoms with van der Waals surface area (Å²) in [6.45, 7) is 5.03. The molecule has 12 heteroatoms. The van der Waals surface area contributed by atoms with Gasteiger partial charge < -0.3 is 10.6 Å². The lowest BCUT2D eigenvalue weighted by atomic mass is 10.3. The van der Waals surface area contributed by atoms with E-state index in [1.165, 1.54) is 0 Å². The third-order valence-electron chi connectivity index (χ3n) is 3.96. The molecule has 10 nitrogen and oxygen atoms in total. The fraction of sp³-hybridized carbons (Fsp3) is 0.533. The zero-order valence-corrected chi connectivity index (χ0v) is 16.4. The molecule has 27 heavy (non-hydrogen) atoms. The van der Waals surface area contributed by atoms with Gasteiger partial charge in [0, 0.05) is 64.4 Å². The van der Waals surface area contributed by atoms with Crippen LogP contribution in [0.15, 0.2) is 29.2 Å². The topological polar surface area (TPSA) is 134 Å². The SMILES string of the molecule is Cl.O=C(CCNS(=O)(=O)c1ccc([N+](=O)[O-])cc1)NCCN1CCNCC1. The van der Waals surface area contributed by atoms with Crippen molar-refractivity contribution in [1.82, 2.24) is 20.3 Å². The molecule has 1 aromatic rings. The maximum Gasteiger partial charge on any atom is 0.269 e. The molecule has 1 aliphatic heterocycles. The van der Waals surface area contributed by atoms with Crippen molar-refractivity contribution in [1.29, 1.82) is 0 Å². The number of carbonyl (C=O) groups is 1. The van der Waals surface area contributed by atoms with Gasteiger partial charge in [-0.25, -0.2) is 13.1 Å². The van der Waals surface area contributed by atoms with Crippen LogP contribution in [0, 0.1) is 10.1 Å². The van der Waals surface area contributed by atoms with Crippen molar-refractivity contribution in [2.24, 2.45) is 0 Å². The Balaban J connectivity index is 0.00000364. The average Bonchev–Trinajstić information content (AvgIpc) is 2.62. The molecule has 1 fully saturated rings. The van der Waals surface area contributed by atoms with E-state index in [1.807, 2.05) is 0 Å². The Morgan fingerprint density at radius 2 is 1.81 bits per heavy atom. The highest BCUT2D eigenvalue weighted by Gasteiger charge is 2.16. The number of rotatable bonds is 9. The lowest BCUT2D eigenvalue weighted by Crippen LogP contribution is -2.46. The van der Waals surface area contributed by atoms with Crippen LogP contribution >= 0.6 is 12.4 Å². The quantitative estimate of drug-likeness (QED) is 0.368. The standard InChI is InChI=1S/C15H23N5O5S.ClH/c21-15(17-9-12-19-10-7-16-8-11-19)5-6-18-26(24,25)14-3-1-13(2-4-14)20(22)23;/h1-4,16,18H,5-12H2,(H,17,21);1H. The molecule has 2 rings (SSSR count). The van der Waals surface area contributed by atoms with Crippen molar-refractivity contribution in [3.8, 4) is 0 Å². The zero-order valence-electron chi connectivity index (χ0n) is 14.7. The molecule has 1 heterocycles. The highest BCUT2D eigenvalue weighted by molar-refractivity contribution is 7.89. The van der Waals surface area contributed by atoms with Gasteiger partial charge in [-0.2, -0.15) is 0 Å². The van der Waals surface area contributed by atoms with Gasteiger partial charge in [0.2, 0.25) is 15.9 Å². The number of amides is 1. The molecule has 0 atom stereocenters. The summed E-state index contributed by atoms with van der Waals surface area (Å²) >= 11 is 0. The largest absolute Gasteiger partial charge is 0.355 e. The molecule has 1 aromatic carbocycles. The fourth-order valence-electron chi connectivity index (χ4n) is 2.51. The number of halogens is 1. The van der Waals surface area contributed by atoms with Gasteiger partial charge in [-0.3, -0.25) is 19.8 Å². The lowest BCUT2D eigenvalue weighted by molar-refractivity contribution is -0.384. The minimum atomic E-state index is -3.80. The molecular weight excluding hydrogens is 398 g/mol. The highest BCUT2D eigenvalue weighted by Crippen LogP contribution is 2.15. The van der Waals surface area contributed by atoms with Crippen LogP contribution in [0.4, 0.5) is 5.69 Å². The number of nitrogens with one attached hydrogen (secondary N) is 3. The zero-order chi connectivity index (χ0) is 19.0. The highest BCUT2D eigenvalue weighted by atomic mass is 35.5. The molecule has 0 saturated carbocycles. The first-order valence-electron chi connectivity index (χ1n) is 8.32. The van der Waals surface area contributed by atoms with E-state index < -0.39 is 14.9 Å². The summed E-state index contributed by atoms with van der Waals surface area (Å²) in [5, 5.41) is 16.6. The van der Waals surface area contributed by atoms with Gasteiger partial charge in [0.25, 0.3) is 5.69 Å². The van der Waals surface area contributed by atoms with Crippen molar-refractivity contribution >= 4 is 34.0 Å². The van der Waals surface area contributed by atoms with Crippen molar-refractivity contribution in [2.75, 3.05) is 45.8 Å². The second kappa shape index (κ2) is 11.1. The van der Waals surface area contributed by atoms with Gasteiger partial charge in [-0.1, -0.05) is 0 Å². The van der Waals surface area contributed by atoms with Crippen LogP contribution < -0.4 is 15.4 Å². The number of hydrogen-bond acceptors (Lipinski definition) is 7. The minimum absolute atomic E-state index is 0. The number of nitrogens with zero attached hydrogens (tertiary/aromatic N) is 2. The third kappa shape index (κ3) is 7.77. The second-order valence-electron chi connectivity index (χ2n) is 5.84. The summed E-state index contributed by atoms with van der Waals surface area (Å²) in [6, 6.07) is 4.57. The van der Waals surface area contributed by atoms with E-state index in [0.717, 1.165) is 57.0 Å². The number of sulfonamides is 1. The Kier molecular flexibility index (Phi) is 9.60. The van der Waals surface area contributed by atoms with Gasteiger partial charge in [0.15, 0.2) is 0 Å². The van der Waals surface area contributed by atoms with Crippen LogP contribution in [0.1, 0.15) is 6.42 Å². The number of carbonyl (C=O) groups excluding carboxylic acids is 1. The lowest BCUT2D eigenvalue weighted by Gasteiger charge is -2.27. The number of piperazine rings is 1. The Hall–Kier alpha value is -1.79. The first kappa shape index (κ1) is 23.2. The van der Waals surface area contributed by atoms with Crippen LogP contribution in [0.5, 0.6) is 0 Å². The van der Waals surface area contributed by atoms with Gasteiger partial charge in [0.05, 0.1) is 9.82 Å². The van der Waals surface area contributed by atoms with Crippen molar-refractivity contribution in [2.45, 2.75) is 11.3 Å². The molecule has 0 bridgehead atoms. The van der Waals surface area contributed by atoms with Crippen LogP contribution in [0.25, 0.3) is 0 Å². The molecule has 0 unspecified atom stereocenters. The van der Waals surface area contributed by atoms with Gasteiger partial charge in [-0.15, -0.1) is 12.4 Å². The van der Waals surface area contributed by atoms with Gasteiger partial charge in [-0.05, 0) is 12.1 Å². The Bertz CT molecular complexity index is 723. The smallest absolute Gasteiger partial charge is 0.269 e. The van der Waals surface area contributed by atoms with Crippen molar-refractivity contribution < 1.29 is 18.1 Å². The monoisotopic (exact) mass is 421 g/mol. The van der Waals surface area contributed by atoms with Gasteiger partial charge >= 0.3 is 0 Å². The van der Waals surface area contributed by atoms with E-state index in [0.29, 0.717) is 6.54 Å². The molecule has 0 aliphatic carbocycles. The molecule has 1 saturated heterocycles. The second-order valence-corrected chi connectivity index (χ2v) is 7.61. The van der Waals surface area contributed by atoms with Crippen LogP contribution in [0.2, 0.25) is 0 Å². The molecule has 152 valence electrons. The molecule has 1 amide bonds. The molecule has 0 radical (unpaired) electrons. The Morgan fingerprint density at radius 3 is 2.41 bits per heavy atom. The van der Waals surface area contributed by atoms with Crippen LogP contribution in [-0.4, -0.2) is 70.0 Å². The summed E-state index contributed by atoms with van der Waals surface area (Å²) in [5.74, 6) is -0.230. The van der Waals surface area contributed by atoms with Gasteiger partial charge in [0.1, 0.15) is 0 Å². The maximum absolute atomic E-state index is 12.1. The molecule has 0 aromatic heterocycles. The van der Waals surface area contributed by atoms with E-state index in [1.54, 1.807) is 0 Å². The normalized spacial score (nSPS) is 15.0. The molecule has 1 aliphatic rings. The van der Waals surface area contributed by atoms with Crippen molar-refractivity contribution in [3.63, 3.8) is 0 Å².